The molecule has 124 valence electrons. The number of benzene rings is 1. The standard InChI is InChI=1S/C15H18FN3O3S/c1-12-9-13(16)3-4-15(12)23(20,21)19-7-8-22-14(11-19)10-18-6-2-5-17-18/h2-6,9,14H,7-8,10-11H2,1H3. The fourth-order valence-corrected chi connectivity index (χ4v) is 4.34. The Hall–Kier alpha value is -1.77. The lowest BCUT2D eigenvalue weighted by atomic mass is 10.2. The number of ether oxygens (including phenoxy) is 1. The summed E-state index contributed by atoms with van der Waals surface area (Å²) in [5.41, 5.74) is 0.403. The largest absolute Gasteiger partial charge is 0.374 e. The summed E-state index contributed by atoms with van der Waals surface area (Å²) in [5, 5.41) is 4.11. The van der Waals surface area contributed by atoms with Crippen molar-refractivity contribution in [2.75, 3.05) is 19.7 Å². The monoisotopic (exact) mass is 339 g/mol. The van der Waals surface area contributed by atoms with E-state index in [0.29, 0.717) is 18.7 Å². The number of aryl methyl sites for hydroxylation is 1. The summed E-state index contributed by atoms with van der Waals surface area (Å²) < 4.78 is 47.5. The number of halogens is 1. The van der Waals surface area contributed by atoms with Gasteiger partial charge in [-0.15, -0.1) is 0 Å². The van der Waals surface area contributed by atoms with E-state index in [1.165, 1.54) is 22.5 Å². The zero-order valence-corrected chi connectivity index (χ0v) is 13.5. The molecule has 6 nitrogen and oxygen atoms in total. The normalized spacial score (nSPS) is 19.8. The van der Waals surface area contributed by atoms with Gasteiger partial charge in [0.1, 0.15) is 5.82 Å². The minimum absolute atomic E-state index is 0.138. The zero-order chi connectivity index (χ0) is 16.4. The van der Waals surface area contributed by atoms with E-state index in [-0.39, 0.29) is 24.1 Å². The van der Waals surface area contributed by atoms with Crippen molar-refractivity contribution in [1.29, 1.82) is 0 Å². The first kappa shape index (κ1) is 16.1. The predicted molar refractivity (Wildman–Crippen MR) is 81.9 cm³/mol. The summed E-state index contributed by atoms with van der Waals surface area (Å²) in [5.74, 6) is -0.444. The highest BCUT2D eigenvalue weighted by Gasteiger charge is 2.32. The molecule has 1 aliphatic rings. The molecule has 0 aliphatic carbocycles. The van der Waals surface area contributed by atoms with Gasteiger partial charge in [0.25, 0.3) is 0 Å². The lowest BCUT2D eigenvalue weighted by Crippen LogP contribution is -2.47. The fraction of sp³-hybridized carbons (Fsp3) is 0.400. The molecule has 0 saturated carbocycles. The second kappa shape index (κ2) is 6.38. The van der Waals surface area contributed by atoms with Crippen molar-refractivity contribution in [2.24, 2.45) is 0 Å². The van der Waals surface area contributed by atoms with Crippen LogP contribution in [0.25, 0.3) is 0 Å². The highest BCUT2D eigenvalue weighted by atomic mass is 32.2. The molecule has 1 saturated heterocycles. The summed E-state index contributed by atoms with van der Waals surface area (Å²) in [7, 11) is -3.66. The average molecular weight is 339 g/mol. The molecule has 0 radical (unpaired) electrons. The van der Waals surface area contributed by atoms with Gasteiger partial charge < -0.3 is 4.74 Å². The van der Waals surface area contributed by atoms with Crippen LogP contribution in [0.1, 0.15) is 5.56 Å². The zero-order valence-electron chi connectivity index (χ0n) is 12.7. The van der Waals surface area contributed by atoms with Crippen LogP contribution in [0.2, 0.25) is 0 Å². The van der Waals surface area contributed by atoms with Gasteiger partial charge in [0, 0.05) is 25.5 Å². The molecule has 0 bridgehead atoms. The second-order valence-corrected chi connectivity index (χ2v) is 7.40. The van der Waals surface area contributed by atoms with Gasteiger partial charge in [-0.05, 0) is 36.8 Å². The van der Waals surface area contributed by atoms with Crippen LogP contribution in [0, 0.1) is 12.7 Å². The maximum atomic E-state index is 13.2. The number of rotatable bonds is 4. The summed E-state index contributed by atoms with van der Waals surface area (Å²) in [6, 6.07) is 5.52. The molecule has 23 heavy (non-hydrogen) atoms. The van der Waals surface area contributed by atoms with Gasteiger partial charge in [-0.25, -0.2) is 12.8 Å². The van der Waals surface area contributed by atoms with Crippen LogP contribution in [-0.4, -0.2) is 48.3 Å². The maximum Gasteiger partial charge on any atom is 0.243 e. The number of nitrogens with zero attached hydrogens (tertiary/aromatic N) is 3. The summed E-state index contributed by atoms with van der Waals surface area (Å²) in [4.78, 5) is 0.138. The van der Waals surface area contributed by atoms with Crippen molar-refractivity contribution in [3.63, 3.8) is 0 Å². The minimum Gasteiger partial charge on any atom is -0.374 e. The van der Waals surface area contributed by atoms with Gasteiger partial charge in [-0.3, -0.25) is 4.68 Å². The smallest absolute Gasteiger partial charge is 0.243 e. The third kappa shape index (κ3) is 3.44. The third-order valence-corrected chi connectivity index (χ3v) is 5.83. The van der Waals surface area contributed by atoms with E-state index in [0.717, 1.165) is 0 Å². The van der Waals surface area contributed by atoms with Crippen molar-refractivity contribution < 1.29 is 17.5 Å². The van der Waals surface area contributed by atoms with Crippen LogP contribution in [0.3, 0.4) is 0 Å². The predicted octanol–water partition coefficient (Wildman–Crippen LogP) is 1.42. The van der Waals surface area contributed by atoms with Crippen molar-refractivity contribution in [3.05, 3.63) is 48.0 Å². The molecule has 1 fully saturated rings. The Balaban J connectivity index is 1.79. The molecule has 0 amide bonds. The fourth-order valence-electron chi connectivity index (χ4n) is 2.68. The molecule has 2 aromatic rings. The van der Waals surface area contributed by atoms with Crippen molar-refractivity contribution in [1.82, 2.24) is 14.1 Å². The van der Waals surface area contributed by atoms with E-state index < -0.39 is 15.8 Å². The van der Waals surface area contributed by atoms with E-state index in [1.54, 1.807) is 30.1 Å². The number of morpholine rings is 1. The Bertz CT molecular complexity index is 777. The van der Waals surface area contributed by atoms with Crippen LogP contribution in [0.5, 0.6) is 0 Å². The van der Waals surface area contributed by atoms with Gasteiger partial charge >= 0.3 is 0 Å². The molecule has 0 N–H and O–H groups in total. The summed E-state index contributed by atoms with van der Waals surface area (Å²) in [6.45, 7) is 2.94. The molecule has 1 aromatic heterocycles. The van der Waals surface area contributed by atoms with Gasteiger partial charge in [0.15, 0.2) is 0 Å². The number of aromatic nitrogens is 2. The van der Waals surface area contributed by atoms with E-state index in [2.05, 4.69) is 5.10 Å². The van der Waals surface area contributed by atoms with Crippen molar-refractivity contribution in [3.8, 4) is 0 Å². The maximum absolute atomic E-state index is 13.2. The highest BCUT2D eigenvalue weighted by molar-refractivity contribution is 7.89. The topological polar surface area (TPSA) is 64.4 Å². The molecule has 1 aromatic carbocycles. The molecular formula is C15H18FN3O3S. The first-order chi connectivity index (χ1) is 11.0. The van der Waals surface area contributed by atoms with Crippen molar-refractivity contribution in [2.45, 2.75) is 24.5 Å². The van der Waals surface area contributed by atoms with Crippen LogP contribution >= 0.6 is 0 Å². The molecular weight excluding hydrogens is 321 g/mol. The Morgan fingerprint density at radius 1 is 1.43 bits per heavy atom. The number of hydrogen-bond acceptors (Lipinski definition) is 4. The van der Waals surface area contributed by atoms with Crippen molar-refractivity contribution >= 4 is 10.0 Å². The summed E-state index contributed by atoms with van der Waals surface area (Å²) in [6.07, 6.45) is 3.21. The molecule has 3 rings (SSSR count). The second-order valence-electron chi connectivity index (χ2n) is 5.49. The first-order valence-corrected chi connectivity index (χ1v) is 8.76. The average Bonchev–Trinajstić information content (AvgIpc) is 3.00. The molecule has 8 heteroatoms. The quantitative estimate of drug-likeness (QED) is 0.845. The van der Waals surface area contributed by atoms with E-state index in [1.807, 2.05) is 0 Å². The Labute approximate surface area is 134 Å². The SMILES string of the molecule is Cc1cc(F)ccc1S(=O)(=O)N1CCOC(Cn2cccn2)C1. The molecule has 1 atom stereocenters. The Morgan fingerprint density at radius 3 is 2.96 bits per heavy atom. The van der Waals surface area contributed by atoms with Gasteiger partial charge in [-0.1, -0.05) is 0 Å². The van der Waals surface area contributed by atoms with Crippen LogP contribution in [-0.2, 0) is 21.3 Å². The first-order valence-electron chi connectivity index (χ1n) is 7.32. The Kier molecular flexibility index (Phi) is 4.47. The number of sulfonamides is 1. The van der Waals surface area contributed by atoms with Crippen LogP contribution < -0.4 is 0 Å². The lowest BCUT2D eigenvalue weighted by molar-refractivity contribution is -0.0120. The molecule has 0 spiro atoms. The summed E-state index contributed by atoms with van der Waals surface area (Å²) >= 11 is 0. The lowest BCUT2D eigenvalue weighted by Gasteiger charge is -2.32. The minimum atomic E-state index is -3.66. The highest BCUT2D eigenvalue weighted by Crippen LogP contribution is 2.23. The molecule has 1 unspecified atom stereocenters. The van der Waals surface area contributed by atoms with Gasteiger partial charge in [0.05, 0.1) is 24.2 Å². The van der Waals surface area contributed by atoms with E-state index in [4.69, 9.17) is 4.74 Å². The van der Waals surface area contributed by atoms with Gasteiger partial charge in [0.2, 0.25) is 10.0 Å². The van der Waals surface area contributed by atoms with E-state index >= 15 is 0 Å². The van der Waals surface area contributed by atoms with Gasteiger partial charge in [-0.2, -0.15) is 9.40 Å². The third-order valence-electron chi connectivity index (χ3n) is 3.81. The Morgan fingerprint density at radius 2 is 2.26 bits per heavy atom. The van der Waals surface area contributed by atoms with Crippen LogP contribution in [0.15, 0.2) is 41.6 Å². The number of hydrogen-bond donors (Lipinski definition) is 0. The molecule has 2 heterocycles. The van der Waals surface area contributed by atoms with Crippen LogP contribution in [0.4, 0.5) is 4.39 Å². The molecule has 1 aliphatic heterocycles. The van der Waals surface area contributed by atoms with E-state index in [9.17, 15) is 12.8 Å².